The van der Waals surface area contributed by atoms with Crippen LogP contribution in [0.15, 0.2) is 0 Å². The number of carboxylic acids is 1. The maximum atomic E-state index is 11.2. The molecule has 3 heteroatoms. The van der Waals surface area contributed by atoms with Crippen molar-refractivity contribution in [3.63, 3.8) is 0 Å². The summed E-state index contributed by atoms with van der Waals surface area (Å²) in [7, 11) is 0. The first-order chi connectivity index (χ1) is 6.26. The minimum absolute atomic E-state index is 0.458. The molecule has 2 aliphatic rings. The SMILES string of the molecule is O=C(O)C1(N2CCCCC2)CCC1. The van der Waals surface area contributed by atoms with Gasteiger partial charge in [0.1, 0.15) is 5.54 Å². The first-order valence-corrected chi connectivity index (χ1v) is 5.24. The molecule has 1 N–H and O–H groups in total. The largest absolute Gasteiger partial charge is 0.480 e. The van der Waals surface area contributed by atoms with E-state index in [1.165, 1.54) is 19.3 Å². The molecule has 74 valence electrons. The quantitative estimate of drug-likeness (QED) is 0.705. The Hall–Kier alpha value is -0.570. The zero-order chi connectivity index (χ0) is 9.31. The lowest BCUT2D eigenvalue weighted by molar-refractivity contribution is -0.159. The summed E-state index contributed by atoms with van der Waals surface area (Å²) in [5.41, 5.74) is -0.458. The fraction of sp³-hybridized carbons (Fsp3) is 0.900. The summed E-state index contributed by atoms with van der Waals surface area (Å²) in [5, 5.41) is 9.19. The molecular weight excluding hydrogens is 166 g/mol. The second kappa shape index (κ2) is 3.29. The van der Waals surface area contributed by atoms with Crippen LogP contribution in [0.3, 0.4) is 0 Å². The van der Waals surface area contributed by atoms with Crippen LogP contribution >= 0.6 is 0 Å². The molecule has 0 radical (unpaired) electrons. The van der Waals surface area contributed by atoms with Gasteiger partial charge in [0.05, 0.1) is 0 Å². The van der Waals surface area contributed by atoms with E-state index >= 15 is 0 Å². The summed E-state index contributed by atoms with van der Waals surface area (Å²) < 4.78 is 0. The summed E-state index contributed by atoms with van der Waals surface area (Å²) in [5.74, 6) is -0.597. The summed E-state index contributed by atoms with van der Waals surface area (Å²) in [6, 6.07) is 0. The van der Waals surface area contributed by atoms with E-state index < -0.39 is 11.5 Å². The Morgan fingerprint density at radius 1 is 1.08 bits per heavy atom. The van der Waals surface area contributed by atoms with Gasteiger partial charge < -0.3 is 5.11 Å². The van der Waals surface area contributed by atoms with E-state index in [0.29, 0.717) is 0 Å². The number of hydrogen-bond acceptors (Lipinski definition) is 2. The molecule has 0 atom stereocenters. The van der Waals surface area contributed by atoms with Crippen molar-refractivity contribution >= 4 is 5.97 Å². The van der Waals surface area contributed by atoms with Gasteiger partial charge in [-0.25, -0.2) is 0 Å². The van der Waals surface area contributed by atoms with Gasteiger partial charge in [-0.2, -0.15) is 0 Å². The van der Waals surface area contributed by atoms with E-state index in [-0.39, 0.29) is 0 Å². The molecule has 1 saturated carbocycles. The van der Waals surface area contributed by atoms with Crippen LogP contribution in [0, 0.1) is 0 Å². The van der Waals surface area contributed by atoms with Crippen molar-refractivity contribution in [3.8, 4) is 0 Å². The normalized spacial score (nSPS) is 28.0. The third kappa shape index (κ3) is 1.35. The molecule has 0 unspecified atom stereocenters. The summed E-state index contributed by atoms with van der Waals surface area (Å²) in [4.78, 5) is 13.4. The zero-order valence-corrected chi connectivity index (χ0v) is 7.96. The molecule has 2 fully saturated rings. The monoisotopic (exact) mass is 183 g/mol. The Morgan fingerprint density at radius 2 is 1.69 bits per heavy atom. The van der Waals surface area contributed by atoms with Gasteiger partial charge in [0.25, 0.3) is 0 Å². The zero-order valence-electron chi connectivity index (χ0n) is 7.96. The molecule has 1 aliphatic heterocycles. The number of likely N-dealkylation sites (tertiary alicyclic amines) is 1. The first-order valence-electron chi connectivity index (χ1n) is 5.24. The number of piperidine rings is 1. The highest BCUT2D eigenvalue weighted by molar-refractivity contribution is 5.80. The minimum atomic E-state index is -0.597. The molecule has 2 rings (SSSR count). The molecular formula is C10H17NO2. The van der Waals surface area contributed by atoms with E-state index in [2.05, 4.69) is 4.90 Å². The summed E-state index contributed by atoms with van der Waals surface area (Å²) in [6.07, 6.45) is 6.43. The van der Waals surface area contributed by atoms with Crippen molar-refractivity contribution < 1.29 is 9.90 Å². The van der Waals surface area contributed by atoms with Gasteiger partial charge in [0, 0.05) is 0 Å². The molecule has 1 saturated heterocycles. The van der Waals surface area contributed by atoms with E-state index in [1.54, 1.807) is 0 Å². The number of rotatable bonds is 2. The van der Waals surface area contributed by atoms with Crippen molar-refractivity contribution in [1.29, 1.82) is 0 Å². The van der Waals surface area contributed by atoms with Gasteiger partial charge in [-0.15, -0.1) is 0 Å². The molecule has 0 aromatic heterocycles. The number of hydrogen-bond donors (Lipinski definition) is 1. The van der Waals surface area contributed by atoms with E-state index in [9.17, 15) is 9.90 Å². The highest BCUT2D eigenvalue weighted by atomic mass is 16.4. The van der Waals surface area contributed by atoms with Crippen molar-refractivity contribution in [2.45, 2.75) is 44.1 Å². The van der Waals surface area contributed by atoms with E-state index in [4.69, 9.17) is 0 Å². The van der Waals surface area contributed by atoms with Crippen LogP contribution in [0.4, 0.5) is 0 Å². The lowest BCUT2D eigenvalue weighted by atomic mass is 9.74. The average molecular weight is 183 g/mol. The van der Waals surface area contributed by atoms with Crippen LogP contribution in [-0.4, -0.2) is 34.6 Å². The van der Waals surface area contributed by atoms with Gasteiger partial charge in [-0.1, -0.05) is 6.42 Å². The van der Waals surface area contributed by atoms with E-state index in [0.717, 1.165) is 32.4 Å². The Morgan fingerprint density at radius 3 is 2.08 bits per heavy atom. The molecule has 0 amide bonds. The van der Waals surface area contributed by atoms with Crippen molar-refractivity contribution in [2.24, 2.45) is 0 Å². The number of carboxylic acid groups (broad SMARTS) is 1. The number of nitrogens with zero attached hydrogens (tertiary/aromatic N) is 1. The molecule has 0 spiro atoms. The molecule has 0 aromatic rings. The first kappa shape index (κ1) is 9.00. The molecule has 3 nitrogen and oxygen atoms in total. The smallest absolute Gasteiger partial charge is 0.324 e. The Labute approximate surface area is 78.7 Å². The maximum Gasteiger partial charge on any atom is 0.324 e. The fourth-order valence-corrected chi connectivity index (χ4v) is 2.50. The average Bonchev–Trinajstić information content (AvgIpc) is 2.03. The van der Waals surface area contributed by atoms with Crippen LogP contribution in [0.5, 0.6) is 0 Å². The highest BCUT2D eigenvalue weighted by Gasteiger charge is 2.49. The molecule has 13 heavy (non-hydrogen) atoms. The fourth-order valence-electron chi connectivity index (χ4n) is 2.50. The lowest BCUT2D eigenvalue weighted by Gasteiger charge is -2.48. The van der Waals surface area contributed by atoms with Crippen LogP contribution in [0.1, 0.15) is 38.5 Å². The second-order valence-electron chi connectivity index (χ2n) is 4.24. The van der Waals surface area contributed by atoms with Crippen LogP contribution in [0.2, 0.25) is 0 Å². The summed E-state index contributed by atoms with van der Waals surface area (Å²) >= 11 is 0. The van der Waals surface area contributed by atoms with Crippen LogP contribution in [0.25, 0.3) is 0 Å². The number of aliphatic carboxylic acids is 1. The maximum absolute atomic E-state index is 11.2. The van der Waals surface area contributed by atoms with E-state index in [1.807, 2.05) is 0 Å². The molecule has 1 aliphatic carbocycles. The highest BCUT2D eigenvalue weighted by Crippen LogP contribution is 2.39. The Kier molecular flexibility index (Phi) is 2.28. The predicted molar refractivity (Wildman–Crippen MR) is 49.6 cm³/mol. The lowest BCUT2D eigenvalue weighted by Crippen LogP contribution is -2.60. The summed E-state index contributed by atoms with van der Waals surface area (Å²) in [6.45, 7) is 1.98. The number of carbonyl (C=O) groups is 1. The standard InChI is InChI=1S/C10H17NO2/c12-9(13)10(5-4-6-10)11-7-2-1-3-8-11/h1-8H2,(H,12,13). The third-order valence-electron chi connectivity index (χ3n) is 3.54. The predicted octanol–water partition coefficient (Wildman–Crippen LogP) is 1.48. The molecule has 0 aromatic carbocycles. The second-order valence-corrected chi connectivity index (χ2v) is 4.24. The Bertz CT molecular complexity index is 205. The minimum Gasteiger partial charge on any atom is -0.480 e. The van der Waals surface area contributed by atoms with Crippen molar-refractivity contribution in [1.82, 2.24) is 4.90 Å². The molecule has 0 bridgehead atoms. The van der Waals surface area contributed by atoms with Gasteiger partial charge in [-0.05, 0) is 45.2 Å². The van der Waals surface area contributed by atoms with Crippen molar-refractivity contribution in [2.75, 3.05) is 13.1 Å². The van der Waals surface area contributed by atoms with Gasteiger partial charge in [0.2, 0.25) is 0 Å². The van der Waals surface area contributed by atoms with Gasteiger partial charge >= 0.3 is 5.97 Å². The molecule has 1 heterocycles. The van der Waals surface area contributed by atoms with Gasteiger partial charge in [-0.3, -0.25) is 9.69 Å². The topological polar surface area (TPSA) is 40.5 Å². The van der Waals surface area contributed by atoms with Gasteiger partial charge in [0.15, 0.2) is 0 Å². The van der Waals surface area contributed by atoms with Crippen LogP contribution < -0.4 is 0 Å². The third-order valence-corrected chi connectivity index (χ3v) is 3.54. The Balaban J connectivity index is 2.06. The van der Waals surface area contributed by atoms with Crippen LogP contribution in [-0.2, 0) is 4.79 Å². The van der Waals surface area contributed by atoms with Crippen molar-refractivity contribution in [3.05, 3.63) is 0 Å².